The van der Waals surface area contributed by atoms with Crippen LogP contribution in [0.4, 0.5) is 10.5 Å². The highest BCUT2D eigenvalue weighted by Gasteiger charge is 2.53. The molecule has 2 aromatic heterocycles. The summed E-state index contributed by atoms with van der Waals surface area (Å²) in [5.74, 6) is -0.729. The Balaban J connectivity index is 1.42. The number of likely N-dealkylation sites (N-methyl/N-ethyl adjacent to an activating group) is 1. The Morgan fingerprint density at radius 3 is 2.18 bits per heavy atom. The number of benzene rings is 2. The molecule has 0 bridgehead atoms. The number of rotatable bonds is 19. The van der Waals surface area contributed by atoms with Gasteiger partial charge in [-0.25, -0.2) is 10.2 Å². The lowest BCUT2D eigenvalue weighted by Gasteiger charge is -2.42. The van der Waals surface area contributed by atoms with Crippen molar-refractivity contribution in [2.24, 2.45) is 17.3 Å². The van der Waals surface area contributed by atoms with Crippen molar-refractivity contribution < 1.29 is 38.5 Å². The highest BCUT2D eigenvalue weighted by molar-refractivity contribution is 6.78. The Morgan fingerprint density at radius 2 is 1.59 bits per heavy atom. The highest BCUT2D eigenvalue weighted by Crippen LogP contribution is 2.47. The van der Waals surface area contributed by atoms with Gasteiger partial charge in [-0.1, -0.05) is 67.5 Å². The average Bonchev–Trinajstić information content (AvgIpc) is 4.06. The first-order valence-electron chi connectivity index (χ1n) is 26.7. The molecule has 7 rings (SSSR count). The number of aliphatic hydroxyl groups excluding tert-OH is 1. The smallest absolute Gasteiger partial charge is 0.408 e. The molecular weight excluding hydrogens is 939 g/mol. The maximum absolute atomic E-state index is 14.7. The van der Waals surface area contributed by atoms with Crippen LogP contribution in [0.5, 0.6) is 5.75 Å². The summed E-state index contributed by atoms with van der Waals surface area (Å²) in [6.45, 7) is 32.0. The molecule has 4 N–H and O–H groups in total. The summed E-state index contributed by atoms with van der Waals surface area (Å²) >= 11 is 0. The lowest BCUT2D eigenvalue weighted by atomic mass is 9.84. The predicted octanol–water partition coefficient (Wildman–Crippen LogP) is 9.84. The van der Waals surface area contributed by atoms with E-state index >= 15 is 0 Å². The molecule has 2 saturated heterocycles. The zero-order valence-corrected chi connectivity index (χ0v) is 47.4. The summed E-state index contributed by atoms with van der Waals surface area (Å²) < 4.78 is 21.6. The molecule has 1 saturated carbocycles. The Morgan fingerprint density at radius 1 is 0.918 bits per heavy atom. The first kappa shape index (κ1) is 55.7. The van der Waals surface area contributed by atoms with Gasteiger partial charge in [0.1, 0.15) is 23.4 Å². The number of alkyl carbamates (subject to hydrolysis) is 1. The predicted molar refractivity (Wildman–Crippen MR) is 292 cm³/mol. The molecule has 1 aliphatic carbocycles. The summed E-state index contributed by atoms with van der Waals surface area (Å²) in [6, 6.07) is 13.1. The quantitative estimate of drug-likeness (QED) is 0.0657. The first-order valence-corrected chi connectivity index (χ1v) is 28.8. The number of carbonyl (C=O) groups is 3. The molecule has 2 amide bonds. The van der Waals surface area contributed by atoms with E-state index in [4.69, 9.17) is 18.9 Å². The molecule has 4 heterocycles. The minimum atomic E-state index is -2.53. The van der Waals surface area contributed by atoms with Crippen LogP contribution in [-0.4, -0.2) is 127 Å². The third-order valence-corrected chi connectivity index (χ3v) is 21.7. The number of aromatic nitrogens is 2. The van der Waals surface area contributed by atoms with Gasteiger partial charge in [-0.3, -0.25) is 19.6 Å². The van der Waals surface area contributed by atoms with Crippen molar-refractivity contribution in [1.82, 2.24) is 30.2 Å². The lowest BCUT2D eigenvalue weighted by molar-refractivity contribution is -0.148. The molecule has 4 aromatic rings. The number of aliphatic carboxylic acids is 1. The van der Waals surface area contributed by atoms with Crippen molar-refractivity contribution in [3.63, 3.8) is 0 Å². The number of carboxylic acid groups (broad SMARTS) is 1. The fourth-order valence-corrected chi connectivity index (χ4v) is 17.0. The minimum absolute atomic E-state index is 0.00977. The number of aryl methyl sites for hydroxylation is 1. The summed E-state index contributed by atoms with van der Waals surface area (Å²) in [5, 5.41) is 26.3. The number of hydrazine groups is 1. The number of nitrogens with zero attached hydrogens (tertiary/aromatic N) is 5. The standard InChI is InChI=1S/C57H85N7O8Si/c1-16-63-49-18-17-39(27-45(49)47(30-57(12,13)33-65)52(63)46-29-42(31-58-50(46)37(8)70-15)62-21-19-61(14)20-22-62)40-23-38(24-43(26-40)72-73(34(2)3,35(4)5)36(6)7)25-48(59-55(69)71-56(9,10)11)53(66)64-32-41-28-44(41)51(60-64)54(67)68/h17-18,23-24,26-27,29,31,34-37,41,44,48,51,60,65H,16,19-22,25,28,30,32-33H2,1-15H3,(H,59,69)(H,67,68)/t37-,41-,44-,48-,51-/m0/s1. The number of hydrogen-bond acceptors (Lipinski definition) is 11. The van der Waals surface area contributed by atoms with Crippen molar-refractivity contribution in [2.75, 3.05) is 58.4 Å². The molecule has 3 fully saturated rings. The monoisotopic (exact) mass is 1020 g/mol. The van der Waals surface area contributed by atoms with Crippen molar-refractivity contribution in [3.05, 3.63) is 65.5 Å². The average molecular weight is 1020 g/mol. The van der Waals surface area contributed by atoms with E-state index in [1.54, 1.807) is 27.9 Å². The van der Waals surface area contributed by atoms with Crippen LogP contribution in [-0.2, 0) is 38.4 Å². The SMILES string of the molecule is CCn1c(-c2cc(N3CCN(C)CC3)cnc2[C@H](C)OC)c(CC(C)(C)CO)c2cc(-c3cc(C[C@H](NC(=O)OC(C)(C)C)C(=O)N4C[C@@H]5C[C@@H]5[C@@H](C(=O)O)N4)cc(O[Si](C(C)C)(C(C)C)C(C)C)c3)ccc21. The number of pyridine rings is 1. The summed E-state index contributed by atoms with van der Waals surface area (Å²) in [5.41, 5.74) is 11.2. The third kappa shape index (κ3) is 12.1. The highest BCUT2D eigenvalue weighted by atomic mass is 28.4. The van der Waals surface area contributed by atoms with Gasteiger partial charge >= 0.3 is 12.1 Å². The largest absolute Gasteiger partial charge is 0.543 e. The van der Waals surface area contributed by atoms with E-state index in [9.17, 15) is 24.6 Å². The molecule has 400 valence electrons. The number of fused-ring (bicyclic) bond motifs is 2. The van der Waals surface area contributed by atoms with Gasteiger partial charge in [0, 0.05) is 75.9 Å². The zero-order chi connectivity index (χ0) is 53.5. The van der Waals surface area contributed by atoms with Crippen molar-refractivity contribution in [1.29, 1.82) is 0 Å². The second kappa shape index (κ2) is 22.1. The van der Waals surface area contributed by atoms with Crippen molar-refractivity contribution in [2.45, 2.75) is 156 Å². The Labute approximate surface area is 435 Å². The third-order valence-electron chi connectivity index (χ3n) is 15.7. The number of nitrogens with one attached hydrogen (secondary N) is 2. The maximum atomic E-state index is 14.7. The van der Waals surface area contributed by atoms with Gasteiger partial charge in [-0.05, 0) is 141 Å². The number of ether oxygens (including phenoxy) is 2. The van der Waals surface area contributed by atoms with Crippen molar-refractivity contribution >= 4 is 42.9 Å². The van der Waals surface area contributed by atoms with E-state index in [0.717, 1.165) is 82.0 Å². The van der Waals surface area contributed by atoms with Gasteiger partial charge in [0.25, 0.3) is 14.2 Å². The molecule has 2 aromatic carbocycles. The summed E-state index contributed by atoms with van der Waals surface area (Å²) in [7, 11) is 1.35. The number of hydrogen-bond donors (Lipinski definition) is 4. The number of amides is 2. The van der Waals surface area contributed by atoms with E-state index < -0.39 is 49.4 Å². The van der Waals surface area contributed by atoms with E-state index in [-0.39, 0.29) is 47.6 Å². The zero-order valence-electron chi connectivity index (χ0n) is 46.4. The number of carbonyl (C=O) groups excluding carboxylic acids is 2. The van der Waals surface area contributed by atoms with E-state index in [0.29, 0.717) is 31.7 Å². The summed E-state index contributed by atoms with van der Waals surface area (Å²) in [4.78, 5) is 50.6. The molecule has 0 radical (unpaired) electrons. The van der Waals surface area contributed by atoms with Crippen LogP contribution in [0.2, 0.25) is 16.6 Å². The van der Waals surface area contributed by atoms with Crippen LogP contribution in [0.3, 0.4) is 0 Å². The lowest BCUT2D eigenvalue weighted by Crippen LogP contribution is -2.61. The van der Waals surface area contributed by atoms with Gasteiger partial charge in [0.05, 0.1) is 29.4 Å². The summed E-state index contributed by atoms with van der Waals surface area (Å²) in [6.07, 6.45) is 2.33. The second-order valence-electron chi connectivity index (χ2n) is 23.8. The Bertz CT molecular complexity index is 2610. The van der Waals surface area contributed by atoms with Crippen molar-refractivity contribution in [3.8, 4) is 28.1 Å². The molecule has 0 unspecified atom stereocenters. The first-order chi connectivity index (χ1) is 34.3. The van der Waals surface area contributed by atoms with E-state index in [1.165, 1.54) is 5.01 Å². The Kier molecular flexibility index (Phi) is 16.8. The van der Waals surface area contributed by atoms with Crippen LogP contribution >= 0.6 is 0 Å². The fraction of sp³-hybridized carbons (Fsp3) is 0.614. The van der Waals surface area contributed by atoms with Gasteiger partial charge in [-0.15, -0.1) is 0 Å². The molecule has 16 heteroatoms. The molecule has 15 nitrogen and oxygen atoms in total. The molecule has 73 heavy (non-hydrogen) atoms. The number of piperazine rings is 1. The molecule has 0 spiro atoms. The van der Waals surface area contributed by atoms with Gasteiger partial charge in [0.15, 0.2) is 0 Å². The van der Waals surface area contributed by atoms with Gasteiger partial charge in [0.2, 0.25) is 0 Å². The normalized spacial score (nSPS) is 19.6. The molecular formula is C57H85N7O8Si. The number of anilines is 1. The van der Waals surface area contributed by atoms with Crippen LogP contribution in [0, 0.1) is 17.3 Å². The topological polar surface area (TPSA) is 171 Å². The Hall–Kier alpha value is -5.00. The van der Waals surface area contributed by atoms with Crippen LogP contribution in [0.15, 0.2) is 48.7 Å². The van der Waals surface area contributed by atoms with Gasteiger partial charge < -0.3 is 43.8 Å². The fourth-order valence-electron chi connectivity index (χ4n) is 11.7. The minimum Gasteiger partial charge on any atom is -0.543 e. The van der Waals surface area contributed by atoms with Crippen LogP contribution in [0.1, 0.15) is 119 Å². The van der Waals surface area contributed by atoms with E-state index in [1.807, 2.05) is 19.2 Å². The van der Waals surface area contributed by atoms with Crippen LogP contribution in [0.25, 0.3) is 33.3 Å². The van der Waals surface area contributed by atoms with Gasteiger partial charge in [-0.2, -0.15) is 0 Å². The second-order valence-corrected chi connectivity index (χ2v) is 29.2. The number of aliphatic hydroxyl groups is 1. The van der Waals surface area contributed by atoms with E-state index in [2.05, 4.69) is 131 Å². The molecule has 5 atom stereocenters. The maximum Gasteiger partial charge on any atom is 0.408 e. The van der Waals surface area contributed by atoms with Crippen LogP contribution < -0.4 is 20.1 Å². The molecule has 3 aliphatic rings. The number of carboxylic acids is 1. The molecule has 2 aliphatic heterocycles. The number of methoxy groups -OCH3 is 1.